The normalized spacial score (nSPS) is 10.9. The summed E-state index contributed by atoms with van der Waals surface area (Å²) in [4.78, 5) is 4.28. The predicted molar refractivity (Wildman–Crippen MR) is 86.7 cm³/mol. The van der Waals surface area contributed by atoms with Gasteiger partial charge in [0.1, 0.15) is 5.75 Å². The van der Waals surface area contributed by atoms with Gasteiger partial charge < -0.3 is 5.11 Å². The molecule has 2 nitrogen and oxygen atoms in total. The second-order valence-corrected chi connectivity index (χ2v) is 4.73. The Morgan fingerprint density at radius 2 is 1.67 bits per heavy atom. The molecule has 0 radical (unpaired) electrons. The molecule has 3 rings (SSSR count). The summed E-state index contributed by atoms with van der Waals surface area (Å²) in [7, 11) is 0. The SMILES string of the molecule is Oc1cccc(-c2ccccc2/C=C/c2ccccn2)c1. The van der Waals surface area contributed by atoms with Crippen LogP contribution in [0.1, 0.15) is 11.3 Å². The number of benzene rings is 2. The summed E-state index contributed by atoms with van der Waals surface area (Å²) in [5, 5.41) is 9.65. The number of hydrogen-bond donors (Lipinski definition) is 1. The number of aromatic nitrogens is 1. The Hall–Kier alpha value is -2.87. The van der Waals surface area contributed by atoms with Gasteiger partial charge in [-0.2, -0.15) is 0 Å². The van der Waals surface area contributed by atoms with E-state index in [2.05, 4.69) is 11.1 Å². The van der Waals surface area contributed by atoms with Crippen LogP contribution in [0.4, 0.5) is 0 Å². The number of hydrogen-bond acceptors (Lipinski definition) is 2. The summed E-state index contributed by atoms with van der Waals surface area (Å²) in [5.41, 5.74) is 4.09. The van der Waals surface area contributed by atoms with E-state index in [1.54, 1.807) is 18.3 Å². The minimum atomic E-state index is 0.274. The largest absolute Gasteiger partial charge is 0.508 e. The molecule has 0 aliphatic heterocycles. The van der Waals surface area contributed by atoms with Crippen molar-refractivity contribution in [3.05, 3.63) is 84.2 Å². The molecule has 0 amide bonds. The third-order valence-electron chi connectivity index (χ3n) is 3.24. The van der Waals surface area contributed by atoms with E-state index in [-0.39, 0.29) is 5.75 Å². The third-order valence-corrected chi connectivity index (χ3v) is 3.24. The van der Waals surface area contributed by atoms with Crippen LogP contribution in [0, 0.1) is 0 Å². The summed E-state index contributed by atoms with van der Waals surface area (Å²) in [5.74, 6) is 0.274. The van der Waals surface area contributed by atoms with Gasteiger partial charge in [-0.1, -0.05) is 48.5 Å². The maximum atomic E-state index is 9.65. The first-order chi connectivity index (χ1) is 10.3. The number of rotatable bonds is 3. The maximum Gasteiger partial charge on any atom is 0.116 e. The zero-order chi connectivity index (χ0) is 14.5. The highest BCUT2D eigenvalue weighted by molar-refractivity contribution is 5.80. The van der Waals surface area contributed by atoms with Crippen LogP contribution in [-0.4, -0.2) is 10.1 Å². The van der Waals surface area contributed by atoms with Crippen molar-refractivity contribution in [2.75, 3.05) is 0 Å². The Kier molecular flexibility index (Phi) is 3.79. The van der Waals surface area contributed by atoms with Crippen molar-refractivity contribution < 1.29 is 5.11 Å². The van der Waals surface area contributed by atoms with E-state index in [1.165, 1.54) is 0 Å². The molecule has 0 spiro atoms. The molecule has 0 bridgehead atoms. The van der Waals surface area contributed by atoms with Crippen molar-refractivity contribution in [3.8, 4) is 16.9 Å². The molecule has 0 fully saturated rings. The Morgan fingerprint density at radius 1 is 0.810 bits per heavy atom. The van der Waals surface area contributed by atoms with Gasteiger partial charge >= 0.3 is 0 Å². The van der Waals surface area contributed by atoms with Gasteiger partial charge in [-0.05, 0) is 47.0 Å². The van der Waals surface area contributed by atoms with Crippen LogP contribution < -0.4 is 0 Å². The first-order valence-corrected chi connectivity index (χ1v) is 6.80. The highest BCUT2D eigenvalue weighted by Crippen LogP contribution is 2.27. The van der Waals surface area contributed by atoms with Crippen molar-refractivity contribution in [3.63, 3.8) is 0 Å². The fourth-order valence-corrected chi connectivity index (χ4v) is 2.23. The van der Waals surface area contributed by atoms with Crippen LogP contribution in [0.3, 0.4) is 0 Å². The lowest BCUT2D eigenvalue weighted by Crippen LogP contribution is -1.83. The molecule has 0 unspecified atom stereocenters. The van der Waals surface area contributed by atoms with Gasteiger partial charge in [-0.15, -0.1) is 0 Å². The highest BCUT2D eigenvalue weighted by Gasteiger charge is 2.02. The molecule has 0 aliphatic carbocycles. The number of phenolic OH excluding ortho intramolecular Hbond substituents is 1. The van der Waals surface area contributed by atoms with E-state index in [1.807, 2.05) is 60.7 Å². The second-order valence-electron chi connectivity index (χ2n) is 4.73. The molecule has 3 aromatic rings. The van der Waals surface area contributed by atoms with Gasteiger partial charge in [0, 0.05) is 6.20 Å². The van der Waals surface area contributed by atoms with Crippen molar-refractivity contribution >= 4 is 12.2 Å². The molecule has 21 heavy (non-hydrogen) atoms. The average molecular weight is 273 g/mol. The van der Waals surface area contributed by atoms with E-state index in [0.29, 0.717) is 0 Å². The number of aromatic hydroxyl groups is 1. The summed E-state index contributed by atoms with van der Waals surface area (Å²) >= 11 is 0. The summed E-state index contributed by atoms with van der Waals surface area (Å²) < 4.78 is 0. The van der Waals surface area contributed by atoms with E-state index in [4.69, 9.17) is 0 Å². The van der Waals surface area contributed by atoms with Crippen molar-refractivity contribution in [1.82, 2.24) is 4.98 Å². The third kappa shape index (κ3) is 3.18. The molecule has 0 saturated heterocycles. The fourth-order valence-electron chi connectivity index (χ4n) is 2.23. The van der Waals surface area contributed by atoms with Crippen molar-refractivity contribution in [2.45, 2.75) is 0 Å². The molecule has 1 aromatic heterocycles. The minimum Gasteiger partial charge on any atom is -0.508 e. The van der Waals surface area contributed by atoms with Crippen LogP contribution in [0.25, 0.3) is 23.3 Å². The smallest absolute Gasteiger partial charge is 0.116 e. The fraction of sp³-hybridized carbons (Fsp3) is 0. The van der Waals surface area contributed by atoms with Gasteiger partial charge in [0.2, 0.25) is 0 Å². The zero-order valence-corrected chi connectivity index (χ0v) is 11.5. The van der Waals surface area contributed by atoms with Crippen LogP contribution in [0.5, 0.6) is 5.75 Å². The van der Waals surface area contributed by atoms with E-state index >= 15 is 0 Å². The average Bonchev–Trinajstić information content (AvgIpc) is 2.54. The molecule has 1 heterocycles. The molecule has 2 aromatic carbocycles. The lowest BCUT2D eigenvalue weighted by Gasteiger charge is -2.06. The molecule has 0 saturated carbocycles. The van der Waals surface area contributed by atoms with E-state index in [9.17, 15) is 5.11 Å². The molecule has 1 N–H and O–H groups in total. The Bertz CT molecular complexity index is 763. The summed E-state index contributed by atoms with van der Waals surface area (Å²) in [6.07, 6.45) is 5.81. The minimum absolute atomic E-state index is 0.274. The van der Waals surface area contributed by atoms with Crippen molar-refractivity contribution in [2.24, 2.45) is 0 Å². The molecule has 0 aliphatic rings. The van der Waals surface area contributed by atoms with Gasteiger partial charge in [0.15, 0.2) is 0 Å². The van der Waals surface area contributed by atoms with Crippen LogP contribution >= 0.6 is 0 Å². The second kappa shape index (κ2) is 6.06. The number of phenols is 1. The number of nitrogens with zero attached hydrogens (tertiary/aromatic N) is 1. The first kappa shape index (κ1) is 13.1. The quantitative estimate of drug-likeness (QED) is 0.755. The van der Waals surface area contributed by atoms with E-state index < -0.39 is 0 Å². The summed E-state index contributed by atoms with van der Waals surface area (Å²) in [6, 6.07) is 21.2. The van der Waals surface area contributed by atoms with Gasteiger partial charge in [-0.25, -0.2) is 0 Å². The van der Waals surface area contributed by atoms with Crippen LogP contribution in [-0.2, 0) is 0 Å². The highest BCUT2D eigenvalue weighted by atomic mass is 16.3. The molecular formula is C19H15NO. The van der Waals surface area contributed by atoms with Crippen molar-refractivity contribution in [1.29, 1.82) is 0 Å². The Balaban J connectivity index is 1.99. The molecular weight excluding hydrogens is 258 g/mol. The first-order valence-electron chi connectivity index (χ1n) is 6.80. The van der Waals surface area contributed by atoms with Gasteiger partial charge in [0.05, 0.1) is 5.69 Å². The lowest BCUT2D eigenvalue weighted by molar-refractivity contribution is 0.475. The Morgan fingerprint density at radius 3 is 2.48 bits per heavy atom. The lowest BCUT2D eigenvalue weighted by atomic mass is 9.99. The van der Waals surface area contributed by atoms with Crippen LogP contribution in [0.15, 0.2) is 72.9 Å². The molecule has 0 atom stereocenters. The standard InChI is InChI=1S/C19H15NO/c21-18-9-5-7-16(14-18)19-10-2-1-6-15(19)11-12-17-8-3-4-13-20-17/h1-14,21H/b12-11+. The predicted octanol–water partition coefficient (Wildman–Crippen LogP) is 4.62. The zero-order valence-electron chi connectivity index (χ0n) is 11.5. The van der Waals surface area contributed by atoms with E-state index in [0.717, 1.165) is 22.4 Å². The van der Waals surface area contributed by atoms with Gasteiger partial charge in [0.25, 0.3) is 0 Å². The monoisotopic (exact) mass is 273 g/mol. The van der Waals surface area contributed by atoms with Crippen LogP contribution in [0.2, 0.25) is 0 Å². The Labute approximate surface area is 124 Å². The maximum absolute atomic E-state index is 9.65. The molecule has 2 heteroatoms. The van der Waals surface area contributed by atoms with Gasteiger partial charge in [-0.3, -0.25) is 4.98 Å². The topological polar surface area (TPSA) is 33.1 Å². The number of pyridine rings is 1. The molecule has 102 valence electrons. The summed E-state index contributed by atoms with van der Waals surface area (Å²) in [6.45, 7) is 0.